The number of nitrogens with zero attached hydrogens (tertiary/aromatic N) is 1. The van der Waals surface area contributed by atoms with Crippen LogP contribution in [0.15, 0.2) is 28.5 Å². The Morgan fingerprint density at radius 1 is 1.29 bits per heavy atom. The molecule has 0 fully saturated rings. The zero-order valence-corrected chi connectivity index (χ0v) is 11.8. The van der Waals surface area contributed by atoms with Crippen molar-refractivity contribution in [3.05, 3.63) is 39.7 Å². The van der Waals surface area contributed by atoms with Gasteiger partial charge >= 0.3 is 0 Å². The van der Waals surface area contributed by atoms with Gasteiger partial charge in [-0.3, -0.25) is 0 Å². The van der Waals surface area contributed by atoms with Crippen LogP contribution < -0.4 is 0 Å². The summed E-state index contributed by atoms with van der Waals surface area (Å²) in [6.07, 6.45) is 1.96. The van der Waals surface area contributed by atoms with Crippen molar-refractivity contribution in [3.63, 3.8) is 0 Å². The third-order valence-electron chi connectivity index (χ3n) is 2.47. The Kier molecular flexibility index (Phi) is 3.78. The number of nitriles is 1. The Labute approximate surface area is 114 Å². The highest BCUT2D eigenvalue weighted by Gasteiger charge is 2.17. The molecule has 2 rings (SSSR count). The van der Waals surface area contributed by atoms with Crippen LogP contribution in [0, 0.1) is 18.3 Å². The molecule has 0 atom stereocenters. The Balaban J connectivity index is 2.63. The van der Waals surface area contributed by atoms with Crippen molar-refractivity contribution in [3.8, 4) is 17.2 Å². The van der Waals surface area contributed by atoms with E-state index in [2.05, 4.69) is 6.07 Å². The fourth-order valence-electron chi connectivity index (χ4n) is 1.61. The first-order valence-corrected chi connectivity index (χ1v) is 7.42. The maximum Gasteiger partial charge on any atom is 0.103 e. The maximum absolute atomic E-state index is 9.24. The van der Waals surface area contributed by atoms with Crippen LogP contribution in [-0.2, 0) is 0 Å². The highest BCUT2D eigenvalue weighted by Crippen LogP contribution is 2.43. The van der Waals surface area contributed by atoms with Crippen LogP contribution in [-0.4, -0.2) is 6.26 Å². The van der Waals surface area contributed by atoms with Crippen LogP contribution in [0.25, 0.3) is 11.1 Å². The van der Waals surface area contributed by atoms with E-state index in [-0.39, 0.29) is 0 Å². The summed E-state index contributed by atoms with van der Waals surface area (Å²) in [6.45, 7) is 2.04. The molecular formula is C13H10ClNS2. The average molecular weight is 280 g/mol. The van der Waals surface area contributed by atoms with E-state index in [9.17, 15) is 5.26 Å². The van der Waals surface area contributed by atoms with Crippen molar-refractivity contribution in [1.29, 1.82) is 5.26 Å². The predicted molar refractivity (Wildman–Crippen MR) is 76.0 cm³/mol. The molecule has 0 saturated carbocycles. The first kappa shape index (κ1) is 12.5. The molecule has 0 N–H and O–H groups in total. The number of thioether (sulfide) groups is 1. The quantitative estimate of drug-likeness (QED) is 0.725. The molecule has 4 heteroatoms. The van der Waals surface area contributed by atoms with E-state index in [1.165, 1.54) is 16.9 Å². The molecule has 0 aliphatic rings. The van der Waals surface area contributed by atoms with Crippen molar-refractivity contribution in [2.45, 2.75) is 11.1 Å². The third-order valence-corrected chi connectivity index (χ3v) is 4.99. The minimum absolute atomic E-state index is 0.690. The number of thiophene rings is 1. The minimum Gasteiger partial charge on any atom is -0.192 e. The van der Waals surface area contributed by atoms with E-state index < -0.39 is 0 Å². The Morgan fingerprint density at radius 3 is 2.47 bits per heavy atom. The second-order valence-electron chi connectivity index (χ2n) is 3.60. The lowest BCUT2D eigenvalue weighted by molar-refractivity contribution is 1.45. The summed E-state index contributed by atoms with van der Waals surface area (Å²) in [7, 11) is 0. The van der Waals surface area contributed by atoms with Crippen LogP contribution in [0.4, 0.5) is 0 Å². The lowest BCUT2D eigenvalue weighted by Gasteiger charge is -2.01. The molecule has 1 aromatic carbocycles. The van der Waals surface area contributed by atoms with Crippen LogP contribution >= 0.6 is 34.7 Å². The van der Waals surface area contributed by atoms with E-state index in [0.717, 1.165) is 15.3 Å². The van der Waals surface area contributed by atoms with Gasteiger partial charge in [0, 0.05) is 5.56 Å². The van der Waals surface area contributed by atoms with E-state index in [0.29, 0.717) is 9.90 Å². The van der Waals surface area contributed by atoms with Gasteiger partial charge in [0.2, 0.25) is 0 Å². The molecule has 0 aliphatic heterocycles. The third kappa shape index (κ3) is 2.35. The number of aryl methyl sites for hydroxylation is 1. The number of benzene rings is 1. The summed E-state index contributed by atoms with van der Waals surface area (Å²) in [5, 5.41) is 9.24. The van der Waals surface area contributed by atoms with Crippen LogP contribution in [0.1, 0.15) is 11.1 Å². The average Bonchev–Trinajstić information content (AvgIpc) is 2.66. The van der Waals surface area contributed by atoms with E-state index in [1.54, 1.807) is 11.8 Å². The molecule has 1 heterocycles. The summed E-state index contributed by atoms with van der Waals surface area (Å²) >= 11 is 9.27. The standard InChI is InChI=1S/C13H10ClNS2/c1-8-3-5-9(6-4-8)11-10(7-15)13(16-2)17-12(11)14/h3-6H,1-2H3. The van der Waals surface area contributed by atoms with E-state index in [4.69, 9.17) is 11.6 Å². The molecule has 2 aromatic rings. The normalized spacial score (nSPS) is 10.2. The number of hydrogen-bond acceptors (Lipinski definition) is 3. The second-order valence-corrected chi connectivity index (χ2v) is 6.29. The maximum atomic E-state index is 9.24. The fraction of sp³-hybridized carbons (Fsp3) is 0.154. The molecule has 1 aromatic heterocycles. The Hall–Kier alpha value is -0.950. The van der Waals surface area contributed by atoms with Gasteiger partial charge in [0.1, 0.15) is 10.4 Å². The van der Waals surface area contributed by atoms with Crippen molar-refractivity contribution >= 4 is 34.7 Å². The molecule has 0 saturated heterocycles. The molecule has 17 heavy (non-hydrogen) atoms. The van der Waals surface area contributed by atoms with Gasteiger partial charge in [-0.15, -0.1) is 23.1 Å². The molecule has 86 valence electrons. The highest BCUT2D eigenvalue weighted by atomic mass is 35.5. The Morgan fingerprint density at radius 2 is 1.94 bits per heavy atom. The molecule has 0 bridgehead atoms. The molecule has 0 aliphatic carbocycles. The molecule has 1 nitrogen and oxygen atoms in total. The minimum atomic E-state index is 0.690. The van der Waals surface area contributed by atoms with E-state index in [1.807, 2.05) is 37.4 Å². The summed E-state index contributed by atoms with van der Waals surface area (Å²) < 4.78 is 1.67. The zero-order chi connectivity index (χ0) is 12.4. The van der Waals surface area contributed by atoms with Gasteiger partial charge in [-0.05, 0) is 18.7 Å². The monoisotopic (exact) mass is 279 g/mol. The fourth-order valence-corrected chi connectivity index (χ4v) is 3.85. The predicted octanol–water partition coefficient (Wildman–Crippen LogP) is 4.97. The lowest BCUT2D eigenvalue weighted by atomic mass is 10.0. The number of hydrogen-bond donors (Lipinski definition) is 0. The van der Waals surface area contributed by atoms with Crippen molar-refractivity contribution < 1.29 is 0 Å². The van der Waals surface area contributed by atoms with Gasteiger partial charge in [-0.25, -0.2) is 0 Å². The number of halogens is 1. The first-order chi connectivity index (χ1) is 8.17. The first-order valence-electron chi connectivity index (χ1n) is 5.00. The smallest absolute Gasteiger partial charge is 0.103 e. The molecule has 0 unspecified atom stereocenters. The SMILES string of the molecule is CSc1sc(Cl)c(-c2ccc(C)cc2)c1C#N. The lowest BCUT2D eigenvalue weighted by Crippen LogP contribution is -1.81. The van der Waals surface area contributed by atoms with Crippen LogP contribution in [0.5, 0.6) is 0 Å². The molecule has 0 radical (unpaired) electrons. The highest BCUT2D eigenvalue weighted by molar-refractivity contribution is 8.00. The topological polar surface area (TPSA) is 23.8 Å². The van der Waals surface area contributed by atoms with Gasteiger partial charge in [0.15, 0.2) is 0 Å². The zero-order valence-electron chi connectivity index (χ0n) is 9.45. The van der Waals surface area contributed by atoms with Gasteiger partial charge in [0.05, 0.1) is 9.77 Å². The van der Waals surface area contributed by atoms with Crippen LogP contribution in [0.3, 0.4) is 0 Å². The van der Waals surface area contributed by atoms with Crippen molar-refractivity contribution in [1.82, 2.24) is 0 Å². The van der Waals surface area contributed by atoms with Crippen LogP contribution in [0.2, 0.25) is 4.34 Å². The van der Waals surface area contributed by atoms with Gasteiger partial charge in [0.25, 0.3) is 0 Å². The molecule has 0 amide bonds. The van der Waals surface area contributed by atoms with Gasteiger partial charge in [-0.1, -0.05) is 41.4 Å². The van der Waals surface area contributed by atoms with E-state index >= 15 is 0 Å². The Bertz CT molecular complexity index is 579. The number of rotatable bonds is 2. The second kappa shape index (κ2) is 5.14. The summed E-state index contributed by atoms with van der Waals surface area (Å²) in [5.74, 6) is 0. The largest absolute Gasteiger partial charge is 0.192 e. The summed E-state index contributed by atoms with van der Waals surface area (Å²) in [6, 6.07) is 10.3. The van der Waals surface area contributed by atoms with Gasteiger partial charge in [-0.2, -0.15) is 5.26 Å². The summed E-state index contributed by atoms with van der Waals surface area (Å²) in [5.41, 5.74) is 3.76. The van der Waals surface area contributed by atoms with Crippen molar-refractivity contribution in [2.24, 2.45) is 0 Å². The van der Waals surface area contributed by atoms with Crippen molar-refractivity contribution in [2.75, 3.05) is 6.26 Å². The molecular weight excluding hydrogens is 270 g/mol. The summed E-state index contributed by atoms with van der Waals surface area (Å²) in [4.78, 5) is 0. The molecule has 0 spiro atoms. The van der Waals surface area contributed by atoms with Gasteiger partial charge < -0.3 is 0 Å².